The highest BCUT2D eigenvalue weighted by molar-refractivity contribution is 5.85. The zero-order valence-corrected chi connectivity index (χ0v) is 24.5. The number of nitrogens with one attached hydrogen (secondary N) is 2. The van der Waals surface area contributed by atoms with Crippen LogP contribution in [-0.4, -0.2) is 78.3 Å². The molecule has 0 heterocycles. The van der Waals surface area contributed by atoms with Gasteiger partial charge in [-0.1, -0.05) is 51.0 Å². The fraction of sp³-hybridized carbons (Fsp3) is 0.548. The zero-order valence-electron chi connectivity index (χ0n) is 24.5. The molecule has 2 aromatic rings. The lowest BCUT2D eigenvalue weighted by Gasteiger charge is -2.10. The van der Waals surface area contributed by atoms with Crippen LogP contribution in [0.25, 0.3) is 0 Å². The van der Waals surface area contributed by atoms with Gasteiger partial charge >= 0.3 is 12.2 Å². The molecule has 10 nitrogen and oxygen atoms in total. The van der Waals surface area contributed by atoms with Crippen molar-refractivity contribution in [3.63, 3.8) is 0 Å². The highest BCUT2D eigenvalue weighted by Gasteiger charge is 2.06. The predicted octanol–water partition coefficient (Wildman–Crippen LogP) is 6.04. The Morgan fingerprint density at radius 1 is 0.512 bits per heavy atom. The fourth-order valence-electron chi connectivity index (χ4n) is 3.48. The average molecular weight is 575 g/mol. The van der Waals surface area contributed by atoms with Gasteiger partial charge in [0.2, 0.25) is 0 Å². The van der Waals surface area contributed by atoms with Crippen molar-refractivity contribution in [2.75, 3.05) is 76.7 Å². The van der Waals surface area contributed by atoms with E-state index < -0.39 is 12.2 Å². The minimum absolute atomic E-state index is 0.172. The first-order valence-corrected chi connectivity index (χ1v) is 14.5. The van der Waals surface area contributed by atoms with E-state index in [9.17, 15) is 9.59 Å². The first kappa shape index (κ1) is 34.0. The lowest BCUT2D eigenvalue weighted by atomic mass is 10.0. The van der Waals surface area contributed by atoms with Crippen LogP contribution < -0.4 is 10.6 Å². The van der Waals surface area contributed by atoms with Gasteiger partial charge in [0, 0.05) is 24.6 Å². The summed E-state index contributed by atoms with van der Waals surface area (Å²) in [6.45, 7) is 8.75. The second-order valence-electron chi connectivity index (χ2n) is 9.25. The molecule has 0 bridgehead atoms. The number of ether oxygens (including phenoxy) is 6. The van der Waals surface area contributed by atoms with Gasteiger partial charge in [0.25, 0.3) is 0 Å². The summed E-state index contributed by atoms with van der Waals surface area (Å²) < 4.78 is 31.9. The van der Waals surface area contributed by atoms with Gasteiger partial charge in [-0.15, -0.1) is 0 Å². The van der Waals surface area contributed by atoms with Crippen molar-refractivity contribution in [3.05, 3.63) is 59.7 Å². The van der Waals surface area contributed by atoms with Gasteiger partial charge in [0.15, 0.2) is 0 Å². The Kier molecular flexibility index (Phi) is 18.7. The van der Waals surface area contributed by atoms with Crippen LogP contribution in [0.1, 0.15) is 50.7 Å². The molecule has 0 saturated heterocycles. The summed E-state index contributed by atoms with van der Waals surface area (Å²) >= 11 is 0. The minimum atomic E-state index is -0.526. The summed E-state index contributed by atoms with van der Waals surface area (Å²) in [4.78, 5) is 24.0. The van der Waals surface area contributed by atoms with E-state index in [1.54, 1.807) is 0 Å². The van der Waals surface area contributed by atoms with Crippen molar-refractivity contribution in [2.24, 2.45) is 0 Å². The van der Waals surface area contributed by atoms with E-state index in [0.717, 1.165) is 50.0 Å². The van der Waals surface area contributed by atoms with Gasteiger partial charge in [0.1, 0.15) is 13.2 Å². The van der Waals surface area contributed by atoms with Crippen LogP contribution in [0.15, 0.2) is 48.5 Å². The normalized spacial score (nSPS) is 10.8. The van der Waals surface area contributed by atoms with Crippen LogP contribution >= 0.6 is 0 Å². The Bertz CT molecular complexity index is 876. The number of unbranched alkanes of at least 4 members (excludes halogenated alkanes) is 2. The molecule has 0 aliphatic heterocycles. The van der Waals surface area contributed by atoms with Crippen LogP contribution in [0, 0.1) is 0 Å². The van der Waals surface area contributed by atoms with Crippen molar-refractivity contribution in [1.82, 2.24) is 0 Å². The molecule has 0 aromatic heterocycles. The highest BCUT2D eigenvalue weighted by Crippen LogP contribution is 2.16. The number of hydrogen-bond donors (Lipinski definition) is 2. The summed E-state index contributed by atoms with van der Waals surface area (Å²) in [7, 11) is 0. The van der Waals surface area contributed by atoms with E-state index in [4.69, 9.17) is 28.4 Å². The summed E-state index contributed by atoms with van der Waals surface area (Å²) in [6, 6.07) is 15.1. The summed E-state index contributed by atoms with van der Waals surface area (Å²) in [5.74, 6) is 0. The zero-order chi connectivity index (χ0) is 29.4. The Balaban J connectivity index is 1.57. The Labute approximate surface area is 244 Å². The van der Waals surface area contributed by atoms with Gasteiger partial charge in [-0.2, -0.15) is 0 Å². The molecule has 0 aliphatic carbocycles. The number of amides is 2. The molecule has 2 N–H and O–H groups in total. The van der Waals surface area contributed by atoms with Gasteiger partial charge in [-0.3, -0.25) is 10.6 Å². The van der Waals surface area contributed by atoms with E-state index in [0.29, 0.717) is 57.4 Å². The van der Waals surface area contributed by atoms with Gasteiger partial charge < -0.3 is 28.4 Å². The predicted molar refractivity (Wildman–Crippen MR) is 159 cm³/mol. The smallest absolute Gasteiger partial charge is 0.411 e. The van der Waals surface area contributed by atoms with Gasteiger partial charge in [-0.05, 0) is 54.7 Å². The van der Waals surface area contributed by atoms with Crippen LogP contribution in [-0.2, 0) is 34.8 Å². The van der Waals surface area contributed by atoms with Crippen LogP contribution in [0.4, 0.5) is 21.0 Å². The SMILES string of the molecule is CCCCOCCOCCOC(=O)Nc1ccc(Cc2ccc(NC(=O)OCCOCCOCCCC)cc2)cc1. The second-order valence-corrected chi connectivity index (χ2v) is 9.25. The summed E-state index contributed by atoms with van der Waals surface area (Å²) in [5, 5.41) is 5.42. The van der Waals surface area contributed by atoms with Crippen molar-refractivity contribution >= 4 is 23.6 Å². The molecule has 0 spiro atoms. The molecular weight excluding hydrogens is 528 g/mol. The molecule has 0 aliphatic rings. The lowest BCUT2D eigenvalue weighted by Crippen LogP contribution is -2.17. The minimum Gasteiger partial charge on any atom is -0.447 e. The molecule has 0 unspecified atom stereocenters. The first-order valence-electron chi connectivity index (χ1n) is 14.5. The number of carbonyl (C=O) groups excluding carboxylic acids is 2. The Hall–Kier alpha value is -3.18. The lowest BCUT2D eigenvalue weighted by molar-refractivity contribution is 0.0291. The third-order valence-corrected chi connectivity index (χ3v) is 5.76. The van der Waals surface area contributed by atoms with Crippen molar-refractivity contribution in [2.45, 2.75) is 46.0 Å². The van der Waals surface area contributed by atoms with E-state index >= 15 is 0 Å². The van der Waals surface area contributed by atoms with Gasteiger partial charge in [-0.25, -0.2) is 9.59 Å². The molecule has 2 aromatic carbocycles. The number of rotatable bonds is 22. The maximum absolute atomic E-state index is 12.0. The fourth-order valence-corrected chi connectivity index (χ4v) is 3.48. The monoisotopic (exact) mass is 574 g/mol. The number of carbonyl (C=O) groups is 2. The number of benzene rings is 2. The van der Waals surface area contributed by atoms with Crippen molar-refractivity contribution in [3.8, 4) is 0 Å². The number of anilines is 2. The molecule has 41 heavy (non-hydrogen) atoms. The third-order valence-electron chi connectivity index (χ3n) is 5.76. The van der Waals surface area contributed by atoms with Crippen LogP contribution in [0.3, 0.4) is 0 Å². The molecule has 0 radical (unpaired) electrons. The third kappa shape index (κ3) is 17.3. The summed E-state index contributed by atoms with van der Waals surface area (Å²) in [6.07, 6.45) is 3.95. The quantitative estimate of drug-likeness (QED) is 0.164. The maximum atomic E-state index is 12.0. The van der Waals surface area contributed by atoms with E-state index in [-0.39, 0.29) is 13.2 Å². The van der Waals surface area contributed by atoms with Gasteiger partial charge in [0.05, 0.1) is 39.6 Å². The highest BCUT2D eigenvalue weighted by atomic mass is 16.6. The molecule has 2 amide bonds. The molecular formula is C31H46N2O8. The van der Waals surface area contributed by atoms with Crippen LogP contribution in [0.5, 0.6) is 0 Å². The topological polar surface area (TPSA) is 114 Å². The Morgan fingerprint density at radius 3 is 1.22 bits per heavy atom. The average Bonchev–Trinajstić information content (AvgIpc) is 2.97. The molecule has 0 saturated carbocycles. The van der Waals surface area contributed by atoms with E-state index in [2.05, 4.69) is 24.5 Å². The van der Waals surface area contributed by atoms with Crippen LogP contribution in [0.2, 0.25) is 0 Å². The molecule has 228 valence electrons. The number of hydrogen-bond acceptors (Lipinski definition) is 8. The largest absolute Gasteiger partial charge is 0.447 e. The summed E-state index contributed by atoms with van der Waals surface area (Å²) in [5.41, 5.74) is 3.45. The standard InChI is InChI=1S/C31H46N2O8/c1-3-5-15-36-17-19-38-21-23-40-30(34)32-28-11-7-26(8-12-28)25-27-9-13-29(14-10-27)33-31(35)41-24-22-39-20-18-37-16-6-4-2/h7-14H,3-6,15-25H2,1-2H3,(H,32,34)(H,33,35). The van der Waals surface area contributed by atoms with Crippen molar-refractivity contribution < 1.29 is 38.0 Å². The molecule has 0 fully saturated rings. The van der Waals surface area contributed by atoms with E-state index in [1.165, 1.54) is 0 Å². The molecule has 0 atom stereocenters. The van der Waals surface area contributed by atoms with E-state index in [1.807, 2.05) is 48.5 Å². The molecule has 10 heteroatoms. The maximum Gasteiger partial charge on any atom is 0.411 e. The Morgan fingerprint density at radius 2 is 0.854 bits per heavy atom. The second kappa shape index (κ2) is 22.5. The molecule has 2 rings (SSSR count). The first-order chi connectivity index (χ1) is 20.1. The van der Waals surface area contributed by atoms with Crippen molar-refractivity contribution in [1.29, 1.82) is 0 Å².